The lowest BCUT2D eigenvalue weighted by molar-refractivity contribution is -0.384. The van der Waals surface area contributed by atoms with E-state index in [4.69, 9.17) is 4.74 Å². The number of nitrogens with one attached hydrogen (secondary N) is 1. The molecule has 24 heavy (non-hydrogen) atoms. The van der Waals surface area contributed by atoms with Crippen LogP contribution in [0.5, 0.6) is 0 Å². The summed E-state index contributed by atoms with van der Waals surface area (Å²) in [6.07, 6.45) is -0.784. The molecule has 0 fully saturated rings. The van der Waals surface area contributed by atoms with E-state index in [9.17, 15) is 14.9 Å². The topological polar surface area (TPSA) is 93.8 Å². The third-order valence-electron chi connectivity index (χ3n) is 3.38. The lowest BCUT2D eigenvalue weighted by Gasteiger charge is -2.13. The van der Waals surface area contributed by atoms with Crippen molar-refractivity contribution in [2.24, 2.45) is 5.10 Å². The number of hydrazone groups is 1. The first-order valence-electron chi connectivity index (χ1n) is 7.19. The van der Waals surface area contributed by atoms with Crippen molar-refractivity contribution in [3.63, 3.8) is 0 Å². The molecule has 1 amide bonds. The average Bonchev–Trinajstić information content (AvgIpc) is 2.61. The highest BCUT2D eigenvalue weighted by atomic mass is 16.6. The van der Waals surface area contributed by atoms with Gasteiger partial charge >= 0.3 is 0 Å². The number of benzene rings is 2. The van der Waals surface area contributed by atoms with E-state index < -0.39 is 16.9 Å². The monoisotopic (exact) mass is 327 g/mol. The molecule has 124 valence electrons. The molecule has 7 nitrogen and oxygen atoms in total. The summed E-state index contributed by atoms with van der Waals surface area (Å²) in [4.78, 5) is 22.6. The van der Waals surface area contributed by atoms with E-state index in [1.807, 2.05) is 18.2 Å². The number of nitro groups is 1. The molecule has 0 aliphatic carbocycles. The standard InChI is InChI=1S/C17H17N3O4/c1-12(14-9-6-10-15(11-14)20(22)23)18-19-17(21)16(24-2)13-7-4-3-5-8-13/h3-11,16H,1-2H3,(H,19,21)/b18-12-/t16-/m0/s1. The highest BCUT2D eigenvalue weighted by Gasteiger charge is 2.19. The van der Waals surface area contributed by atoms with Crippen LogP contribution in [0.4, 0.5) is 5.69 Å². The molecule has 0 radical (unpaired) electrons. The Kier molecular flexibility index (Phi) is 5.75. The predicted molar refractivity (Wildman–Crippen MR) is 89.6 cm³/mol. The van der Waals surface area contributed by atoms with Crippen LogP contribution in [0.2, 0.25) is 0 Å². The second-order valence-corrected chi connectivity index (χ2v) is 5.01. The second kappa shape index (κ2) is 7.98. The van der Waals surface area contributed by atoms with E-state index in [0.29, 0.717) is 16.8 Å². The SMILES string of the molecule is CO[C@H](C(=O)N/N=C(/C)c1cccc([N+](=O)[O-])c1)c1ccccc1. The molecule has 0 aromatic heterocycles. The quantitative estimate of drug-likeness (QED) is 0.501. The maximum Gasteiger partial charge on any atom is 0.273 e. The Morgan fingerprint density at radius 3 is 2.54 bits per heavy atom. The Labute approximate surface area is 139 Å². The Balaban J connectivity index is 2.12. The first-order valence-corrected chi connectivity index (χ1v) is 7.19. The molecule has 1 N–H and O–H groups in total. The molecular formula is C17H17N3O4. The molecule has 2 rings (SSSR count). The summed E-state index contributed by atoms with van der Waals surface area (Å²) in [5, 5.41) is 14.8. The van der Waals surface area contributed by atoms with Crippen LogP contribution in [0, 0.1) is 10.1 Å². The fourth-order valence-corrected chi connectivity index (χ4v) is 2.13. The molecule has 0 aliphatic heterocycles. The van der Waals surface area contributed by atoms with Gasteiger partial charge in [-0.3, -0.25) is 14.9 Å². The Hall–Kier alpha value is -3.06. The average molecular weight is 327 g/mol. The molecule has 0 aliphatic rings. The fourth-order valence-electron chi connectivity index (χ4n) is 2.13. The van der Waals surface area contributed by atoms with Crippen LogP contribution in [-0.4, -0.2) is 23.7 Å². The second-order valence-electron chi connectivity index (χ2n) is 5.01. The van der Waals surface area contributed by atoms with Gasteiger partial charge < -0.3 is 4.74 Å². The van der Waals surface area contributed by atoms with Crippen molar-refractivity contribution in [1.82, 2.24) is 5.43 Å². The Morgan fingerprint density at radius 1 is 1.21 bits per heavy atom. The first-order chi connectivity index (χ1) is 11.5. The van der Waals surface area contributed by atoms with Gasteiger partial charge in [0.1, 0.15) is 0 Å². The molecule has 2 aromatic rings. The number of non-ortho nitro benzene ring substituents is 1. The van der Waals surface area contributed by atoms with Crippen molar-refractivity contribution >= 4 is 17.3 Å². The first kappa shape index (κ1) is 17.3. The number of methoxy groups -OCH3 is 1. The zero-order valence-corrected chi connectivity index (χ0v) is 13.3. The van der Waals surface area contributed by atoms with Gasteiger partial charge in [-0.2, -0.15) is 5.10 Å². The maximum atomic E-state index is 12.2. The Bertz CT molecular complexity index is 759. The number of rotatable bonds is 6. The molecule has 0 heterocycles. The van der Waals surface area contributed by atoms with Crippen molar-refractivity contribution in [3.05, 3.63) is 75.8 Å². The predicted octanol–water partition coefficient (Wildman–Crippen LogP) is 2.82. The molecule has 0 saturated heterocycles. The maximum absolute atomic E-state index is 12.2. The van der Waals surface area contributed by atoms with E-state index >= 15 is 0 Å². The molecule has 0 spiro atoms. The summed E-state index contributed by atoms with van der Waals surface area (Å²) in [6.45, 7) is 1.66. The summed E-state index contributed by atoms with van der Waals surface area (Å²) in [5.74, 6) is -0.423. The zero-order valence-electron chi connectivity index (χ0n) is 13.3. The van der Waals surface area contributed by atoms with E-state index in [0.717, 1.165) is 0 Å². The fraction of sp³-hybridized carbons (Fsp3) is 0.176. The van der Waals surface area contributed by atoms with Crippen LogP contribution < -0.4 is 5.43 Å². The normalized spacial score (nSPS) is 12.5. The van der Waals surface area contributed by atoms with Gasteiger partial charge in [-0.15, -0.1) is 0 Å². The lowest BCUT2D eigenvalue weighted by atomic mass is 10.1. The van der Waals surface area contributed by atoms with Crippen LogP contribution >= 0.6 is 0 Å². The van der Waals surface area contributed by atoms with Crippen molar-refractivity contribution in [2.45, 2.75) is 13.0 Å². The summed E-state index contributed by atoms with van der Waals surface area (Å²) in [5.41, 5.74) is 4.12. The van der Waals surface area contributed by atoms with E-state index in [2.05, 4.69) is 10.5 Å². The number of nitro benzene ring substituents is 1. The van der Waals surface area contributed by atoms with Crippen LogP contribution in [0.1, 0.15) is 24.2 Å². The van der Waals surface area contributed by atoms with Gasteiger partial charge in [0, 0.05) is 24.8 Å². The minimum absolute atomic E-state index is 0.0348. The molecule has 0 unspecified atom stereocenters. The third-order valence-corrected chi connectivity index (χ3v) is 3.38. The van der Waals surface area contributed by atoms with Crippen molar-refractivity contribution in [2.75, 3.05) is 7.11 Å². The van der Waals surface area contributed by atoms with Gasteiger partial charge in [-0.25, -0.2) is 5.43 Å². The summed E-state index contributed by atoms with van der Waals surface area (Å²) in [7, 11) is 1.44. The number of ether oxygens (including phenoxy) is 1. The molecular weight excluding hydrogens is 310 g/mol. The van der Waals surface area contributed by atoms with Crippen molar-refractivity contribution < 1.29 is 14.5 Å². The number of hydrogen-bond acceptors (Lipinski definition) is 5. The number of carbonyl (C=O) groups is 1. The third kappa shape index (κ3) is 4.23. The van der Waals surface area contributed by atoms with Crippen LogP contribution in [0.25, 0.3) is 0 Å². The number of hydrogen-bond donors (Lipinski definition) is 1. The van der Waals surface area contributed by atoms with Gasteiger partial charge in [-0.05, 0) is 12.5 Å². The summed E-state index contributed by atoms with van der Waals surface area (Å²) in [6, 6.07) is 15.1. The minimum Gasteiger partial charge on any atom is -0.367 e. The van der Waals surface area contributed by atoms with Gasteiger partial charge in [0.15, 0.2) is 6.10 Å². The van der Waals surface area contributed by atoms with Crippen LogP contribution in [0.3, 0.4) is 0 Å². The number of nitrogens with zero attached hydrogens (tertiary/aromatic N) is 2. The molecule has 7 heteroatoms. The molecule has 1 atom stereocenters. The zero-order chi connectivity index (χ0) is 17.5. The van der Waals surface area contributed by atoms with Crippen molar-refractivity contribution in [1.29, 1.82) is 0 Å². The van der Waals surface area contributed by atoms with E-state index in [-0.39, 0.29) is 5.69 Å². The highest BCUT2D eigenvalue weighted by molar-refractivity contribution is 5.99. The van der Waals surface area contributed by atoms with Gasteiger partial charge in [0.2, 0.25) is 0 Å². The van der Waals surface area contributed by atoms with Gasteiger partial charge in [0.25, 0.3) is 11.6 Å². The lowest BCUT2D eigenvalue weighted by Crippen LogP contribution is -2.27. The molecule has 2 aromatic carbocycles. The summed E-state index contributed by atoms with van der Waals surface area (Å²) < 4.78 is 5.22. The van der Waals surface area contributed by atoms with Gasteiger partial charge in [-0.1, -0.05) is 42.5 Å². The van der Waals surface area contributed by atoms with E-state index in [1.165, 1.54) is 19.2 Å². The van der Waals surface area contributed by atoms with Crippen LogP contribution in [0.15, 0.2) is 59.7 Å². The smallest absolute Gasteiger partial charge is 0.273 e. The Morgan fingerprint density at radius 2 is 1.92 bits per heavy atom. The number of carbonyl (C=O) groups excluding carboxylic acids is 1. The summed E-state index contributed by atoms with van der Waals surface area (Å²) >= 11 is 0. The van der Waals surface area contributed by atoms with Crippen LogP contribution in [-0.2, 0) is 9.53 Å². The minimum atomic E-state index is -0.784. The highest BCUT2D eigenvalue weighted by Crippen LogP contribution is 2.17. The molecule has 0 saturated carbocycles. The van der Waals surface area contributed by atoms with E-state index in [1.54, 1.807) is 31.2 Å². The number of amides is 1. The largest absolute Gasteiger partial charge is 0.367 e. The van der Waals surface area contributed by atoms with Gasteiger partial charge in [0.05, 0.1) is 10.6 Å². The van der Waals surface area contributed by atoms with Crippen molar-refractivity contribution in [3.8, 4) is 0 Å². The molecule has 0 bridgehead atoms.